The topological polar surface area (TPSA) is 161 Å². The van der Waals surface area contributed by atoms with Crippen molar-refractivity contribution in [3.8, 4) is 17.6 Å². The molecule has 4 aromatic rings. The van der Waals surface area contributed by atoms with E-state index in [1.807, 2.05) is 6.07 Å². The summed E-state index contributed by atoms with van der Waals surface area (Å²) in [5, 5.41) is 17.8. The van der Waals surface area contributed by atoms with Crippen LogP contribution in [0.25, 0.3) is 11.2 Å². The van der Waals surface area contributed by atoms with Gasteiger partial charge in [0.15, 0.2) is 11.4 Å². The van der Waals surface area contributed by atoms with Gasteiger partial charge in [0, 0.05) is 32.6 Å². The first-order valence-electron chi connectivity index (χ1n) is 11.6. The van der Waals surface area contributed by atoms with Crippen LogP contribution in [0.2, 0.25) is 0 Å². The maximum Gasteiger partial charge on any atom is 0.417 e. The third kappa shape index (κ3) is 5.22. The first-order chi connectivity index (χ1) is 19.0. The number of imidazole rings is 1. The lowest BCUT2D eigenvalue weighted by Gasteiger charge is -2.26. The molecule has 4 aromatic heterocycles. The third-order valence-electron chi connectivity index (χ3n) is 5.91. The molecular formula is C24H20F3N9O4. The molecule has 1 aliphatic heterocycles. The fraction of sp³-hybridized carbons (Fsp3) is 0.250. The first kappa shape index (κ1) is 26.4. The van der Waals surface area contributed by atoms with E-state index in [0.29, 0.717) is 25.5 Å². The Hall–Kier alpha value is -5.17. The quantitative estimate of drug-likeness (QED) is 0.325. The number of fused-ring (bicyclic) bond motifs is 1. The van der Waals surface area contributed by atoms with Gasteiger partial charge in [0.2, 0.25) is 5.95 Å². The average Bonchev–Trinajstić information content (AvgIpc) is 3.19. The SMILES string of the molecule is Cn1cc(C(F)(F)F)cc(Nc2nc3ncc(Oc4ccnc(NC(=O)NC5COC5)c4)c(C#N)c3n2C)c1=O. The van der Waals surface area contributed by atoms with E-state index >= 15 is 0 Å². The summed E-state index contributed by atoms with van der Waals surface area (Å²) in [4.78, 5) is 37.1. The van der Waals surface area contributed by atoms with Gasteiger partial charge in [0.25, 0.3) is 5.56 Å². The lowest BCUT2D eigenvalue weighted by molar-refractivity contribution is -0.138. The number of hydrogen-bond donors (Lipinski definition) is 3. The van der Waals surface area contributed by atoms with E-state index < -0.39 is 23.3 Å². The number of carbonyl (C=O) groups is 1. The molecule has 1 aliphatic rings. The van der Waals surface area contributed by atoms with Crippen LogP contribution in [0.3, 0.4) is 0 Å². The molecule has 1 fully saturated rings. The van der Waals surface area contributed by atoms with Gasteiger partial charge in [0.05, 0.1) is 31.0 Å². The monoisotopic (exact) mass is 555 g/mol. The van der Waals surface area contributed by atoms with Crippen molar-refractivity contribution in [1.82, 2.24) is 29.4 Å². The molecule has 0 radical (unpaired) electrons. The molecule has 16 heteroatoms. The number of rotatable bonds is 6. The van der Waals surface area contributed by atoms with E-state index in [9.17, 15) is 28.0 Å². The maximum absolute atomic E-state index is 13.3. The first-order valence-corrected chi connectivity index (χ1v) is 11.6. The fourth-order valence-corrected chi connectivity index (χ4v) is 3.86. The van der Waals surface area contributed by atoms with Gasteiger partial charge in [-0.2, -0.15) is 23.4 Å². The van der Waals surface area contributed by atoms with E-state index in [2.05, 4.69) is 30.9 Å². The molecule has 0 aliphatic carbocycles. The van der Waals surface area contributed by atoms with Gasteiger partial charge in [-0.05, 0) is 12.1 Å². The van der Waals surface area contributed by atoms with E-state index in [4.69, 9.17) is 9.47 Å². The van der Waals surface area contributed by atoms with E-state index in [1.165, 1.54) is 43.2 Å². The Labute approximate surface area is 223 Å². The second kappa shape index (κ2) is 10.2. The van der Waals surface area contributed by atoms with Gasteiger partial charge in [-0.1, -0.05) is 0 Å². The summed E-state index contributed by atoms with van der Waals surface area (Å²) in [7, 11) is 2.70. The summed E-state index contributed by atoms with van der Waals surface area (Å²) in [6, 6.07) is 5.12. The number of ether oxygens (including phenoxy) is 2. The molecule has 0 saturated carbocycles. The minimum atomic E-state index is -4.67. The van der Waals surface area contributed by atoms with Crippen LogP contribution in [-0.2, 0) is 25.0 Å². The largest absolute Gasteiger partial charge is 0.454 e. The van der Waals surface area contributed by atoms with Crippen molar-refractivity contribution in [2.24, 2.45) is 14.1 Å². The second-order valence-electron chi connectivity index (χ2n) is 8.77. The Kier molecular flexibility index (Phi) is 6.73. The maximum atomic E-state index is 13.3. The molecule has 0 bridgehead atoms. The molecule has 1 saturated heterocycles. The number of urea groups is 1. The van der Waals surface area contributed by atoms with Crippen molar-refractivity contribution in [3.05, 3.63) is 58.3 Å². The molecular weight excluding hydrogens is 535 g/mol. The highest BCUT2D eigenvalue weighted by Crippen LogP contribution is 2.33. The number of nitrogens with zero attached hydrogens (tertiary/aromatic N) is 6. The summed E-state index contributed by atoms with van der Waals surface area (Å²) in [6.07, 6.45) is -1.32. The number of hydrogen-bond acceptors (Lipinski definition) is 9. The zero-order valence-electron chi connectivity index (χ0n) is 20.9. The molecule has 3 N–H and O–H groups in total. The molecule has 0 atom stereocenters. The van der Waals surface area contributed by atoms with Gasteiger partial charge >= 0.3 is 12.2 Å². The lowest BCUT2D eigenvalue weighted by Crippen LogP contribution is -2.50. The van der Waals surface area contributed by atoms with Crippen molar-refractivity contribution in [2.45, 2.75) is 12.2 Å². The lowest BCUT2D eigenvalue weighted by atomic mass is 10.2. The highest BCUT2D eigenvalue weighted by Gasteiger charge is 2.32. The predicted molar refractivity (Wildman–Crippen MR) is 134 cm³/mol. The number of alkyl halides is 3. The smallest absolute Gasteiger partial charge is 0.417 e. The molecule has 40 heavy (non-hydrogen) atoms. The molecule has 0 unspecified atom stereocenters. The molecule has 13 nitrogen and oxygen atoms in total. The van der Waals surface area contributed by atoms with Gasteiger partial charge in [-0.15, -0.1) is 0 Å². The van der Waals surface area contributed by atoms with E-state index in [1.54, 1.807) is 0 Å². The van der Waals surface area contributed by atoms with Gasteiger partial charge < -0.3 is 29.2 Å². The van der Waals surface area contributed by atoms with Crippen LogP contribution in [0.5, 0.6) is 11.5 Å². The number of nitrogens with one attached hydrogen (secondary N) is 3. The molecule has 0 spiro atoms. The van der Waals surface area contributed by atoms with E-state index in [-0.39, 0.29) is 51.7 Å². The van der Waals surface area contributed by atoms with Crippen molar-refractivity contribution in [3.63, 3.8) is 0 Å². The predicted octanol–water partition coefficient (Wildman–Crippen LogP) is 3.01. The van der Waals surface area contributed by atoms with Crippen LogP contribution >= 0.6 is 0 Å². The summed E-state index contributed by atoms with van der Waals surface area (Å²) >= 11 is 0. The summed E-state index contributed by atoms with van der Waals surface area (Å²) in [5.41, 5.74) is -1.78. The number of carbonyl (C=O) groups excluding carboxylic acids is 1. The number of amides is 2. The average molecular weight is 555 g/mol. The van der Waals surface area contributed by atoms with Crippen LogP contribution in [0.1, 0.15) is 11.1 Å². The number of aryl methyl sites for hydroxylation is 2. The fourth-order valence-electron chi connectivity index (χ4n) is 3.86. The number of aromatic nitrogens is 5. The van der Waals surface area contributed by atoms with Gasteiger partial charge in [-0.3, -0.25) is 10.1 Å². The zero-order valence-corrected chi connectivity index (χ0v) is 20.9. The Morgan fingerprint density at radius 3 is 2.70 bits per heavy atom. The van der Waals surface area contributed by atoms with E-state index in [0.717, 1.165) is 4.57 Å². The van der Waals surface area contributed by atoms with Gasteiger partial charge in [-0.25, -0.2) is 14.8 Å². The van der Waals surface area contributed by atoms with Crippen molar-refractivity contribution in [2.75, 3.05) is 23.8 Å². The summed E-state index contributed by atoms with van der Waals surface area (Å²) in [5.74, 6) is 0.457. The molecule has 5 rings (SSSR count). The Morgan fingerprint density at radius 2 is 2.02 bits per heavy atom. The van der Waals surface area contributed by atoms with Crippen molar-refractivity contribution < 1.29 is 27.4 Å². The Morgan fingerprint density at radius 1 is 1.25 bits per heavy atom. The van der Waals surface area contributed by atoms with Crippen LogP contribution in [-0.4, -0.2) is 49.4 Å². The minimum Gasteiger partial charge on any atom is -0.454 e. The van der Waals surface area contributed by atoms with Crippen molar-refractivity contribution >= 4 is 34.6 Å². The molecule has 0 aromatic carbocycles. The van der Waals surface area contributed by atoms with Crippen LogP contribution in [0.4, 0.5) is 35.4 Å². The summed E-state index contributed by atoms with van der Waals surface area (Å²) < 4.78 is 52.9. The Balaban J connectivity index is 1.43. The number of halogens is 3. The number of nitriles is 1. The highest BCUT2D eigenvalue weighted by molar-refractivity contribution is 5.88. The molecule has 5 heterocycles. The standard InChI is InChI=1S/C24H20F3N9O4/c1-35-9-12(24(25,26)27)5-16(21(35)37)32-22-34-20-19(36(22)2)15(7-28)17(8-30-20)40-14-3-4-29-18(6-14)33-23(38)31-13-10-39-11-13/h3-6,8-9,13H,10-11H2,1-2H3,(H,30,32,34)(H2,29,31,33,38). The highest BCUT2D eigenvalue weighted by atomic mass is 19.4. The minimum absolute atomic E-state index is 0.0224. The zero-order chi connectivity index (χ0) is 28.6. The third-order valence-corrected chi connectivity index (χ3v) is 5.91. The molecule has 2 amide bonds. The van der Waals surface area contributed by atoms with Crippen LogP contribution in [0.15, 0.2) is 41.6 Å². The van der Waals surface area contributed by atoms with Crippen molar-refractivity contribution in [1.29, 1.82) is 5.26 Å². The van der Waals surface area contributed by atoms with Crippen LogP contribution in [0, 0.1) is 11.3 Å². The normalized spacial score (nSPS) is 13.4. The number of anilines is 3. The van der Waals surface area contributed by atoms with Crippen LogP contribution < -0.4 is 26.2 Å². The summed E-state index contributed by atoms with van der Waals surface area (Å²) in [6.45, 7) is 0.858. The Bertz CT molecular complexity index is 1720. The second-order valence-corrected chi connectivity index (χ2v) is 8.77. The number of pyridine rings is 3. The van der Waals surface area contributed by atoms with Gasteiger partial charge in [0.1, 0.15) is 34.4 Å². The molecule has 206 valence electrons.